The van der Waals surface area contributed by atoms with Gasteiger partial charge in [0.1, 0.15) is 6.33 Å². The number of carbonyl (C=O) groups excluding carboxylic acids is 1. The molecule has 2 heterocycles. The second-order valence-corrected chi connectivity index (χ2v) is 5.09. The van der Waals surface area contributed by atoms with Crippen LogP contribution in [0.5, 0.6) is 0 Å². The summed E-state index contributed by atoms with van der Waals surface area (Å²) in [7, 11) is 0. The highest BCUT2D eigenvalue weighted by Crippen LogP contribution is 2.16. The standard InChI is InChI=1S/C15H13F2N5O/c1-8-11(9(2)22-15(20-8)18-7-19-22)6-14(23)21-10-3-4-12(16)13(17)5-10/h3-5,7H,6H2,1-2H3,(H,21,23). The Bertz CT molecular complexity index is 906. The minimum Gasteiger partial charge on any atom is -0.326 e. The maximum atomic E-state index is 13.2. The molecule has 0 aliphatic carbocycles. The van der Waals surface area contributed by atoms with Crippen molar-refractivity contribution >= 4 is 17.4 Å². The monoisotopic (exact) mass is 317 g/mol. The molecule has 0 aliphatic heterocycles. The molecule has 8 heteroatoms. The van der Waals surface area contributed by atoms with Crippen molar-refractivity contribution in [3.05, 3.63) is 53.1 Å². The van der Waals surface area contributed by atoms with Gasteiger partial charge in [0.05, 0.1) is 6.42 Å². The van der Waals surface area contributed by atoms with Crippen molar-refractivity contribution in [1.29, 1.82) is 0 Å². The van der Waals surface area contributed by atoms with Crippen molar-refractivity contribution in [2.75, 3.05) is 5.32 Å². The molecule has 0 unspecified atom stereocenters. The van der Waals surface area contributed by atoms with Crippen molar-refractivity contribution in [3.8, 4) is 0 Å². The molecule has 1 N–H and O–H groups in total. The normalized spacial score (nSPS) is 11.0. The third-order valence-electron chi connectivity index (χ3n) is 3.53. The Morgan fingerprint density at radius 2 is 2.04 bits per heavy atom. The maximum absolute atomic E-state index is 13.2. The first-order chi connectivity index (χ1) is 11.0. The fraction of sp³-hybridized carbons (Fsp3) is 0.200. The maximum Gasteiger partial charge on any atom is 0.252 e. The van der Waals surface area contributed by atoms with Crippen LogP contribution in [0.2, 0.25) is 0 Å². The van der Waals surface area contributed by atoms with Crippen molar-refractivity contribution in [2.24, 2.45) is 0 Å². The van der Waals surface area contributed by atoms with Crippen molar-refractivity contribution in [2.45, 2.75) is 20.3 Å². The molecule has 0 radical (unpaired) electrons. The minimum atomic E-state index is -1.01. The summed E-state index contributed by atoms with van der Waals surface area (Å²) < 4.78 is 27.6. The van der Waals surface area contributed by atoms with E-state index in [2.05, 4.69) is 20.4 Å². The van der Waals surface area contributed by atoms with Gasteiger partial charge in [0.2, 0.25) is 5.91 Å². The summed E-state index contributed by atoms with van der Waals surface area (Å²) >= 11 is 0. The van der Waals surface area contributed by atoms with Gasteiger partial charge >= 0.3 is 0 Å². The molecule has 1 amide bonds. The van der Waals surface area contributed by atoms with Gasteiger partial charge in [-0.2, -0.15) is 10.1 Å². The number of carbonyl (C=O) groups is 1. The highest BCUT2D eigenvalue weighted by atomic mass is 19.2. The molecule has 2 aromatic heterocycles. The van der Waals surface area contributed by atoms with E-state index in [1.54, 1.807) is 11.4 Å². The number of anilines is 1. The van der Waals surface area contributed by atoms with Gasteiger partial charge in [-0.25, -0.2) is 18.3 Å². The Morgan fingerprint density at radius 3 is 2.78 bits per heavy atom. The van der Waals surface area contributed by atoms with E-state index >= 15 is 0 Å². The fourth-order valence-corrected chi connectivity index (χ4v) is 2.35. The van der Waals surface area contributed by atoms with Crippen LogP contribution in [0.4, 0.5) is 14.5 Å². The number of benzene rings is 1. The molecule has 0 fully saturated rings. The van der Waals surface area contributed by atoms with E-state index in [4.69, 9.17) is 0 Å². The first kappa shape index (κ1) is 15.0. The lowest BCUT2D eigenvalue weighted by Crippen LogP contribution is -2.18. The van der Waals surface area contributed by atoms with E-state index in [1.165, 1.54) is 12.4 Å². The molecule has 1 aromatic carbocycles. The molecule has 3 aromatic rings. The number of halogens is 2. The molecule has 0 spiro atoms. The van der Waals surface area contributed by atoms with Gasteiger partial charge in [0.15, 0.2) is 11.6 Å². The zero-order valence-corrected chi connectivity index (χ0v) is 12.5. The van der Waals surface area contributed by atoms with Crippen molar-refractivity contribution < 1.29 is 13.6 Å². The number of hydrogen-bond donors (Lipinski definition) is 1. The number of hydrogen-bond acceptors (Lipinski definition) is 4. The molecule has 3 rings (SSSR count). The Morgan fingerprint density at radius 1 is 1.26 bits per heavy atom. The zero-order chi connectivity index (χ0) is 16.6. The second kappa shape index (κ2) is 5.71. The third-order valence-corrected chi connectivity index (χ3v) is 3.53. The lowest BCUT2D eigenvalue weighted by molar-refractivity contribution is -0.115. The summed E-state index contributed by atoms with van der Waals surface area (Å²) in [5.41, 5.74) is 2.33. The van der Waals surface area contributed by atoms with Crippen LogP contribution < -0.4 is 5.32 Å². The van der Waals surface area contributed by atoms with E-state index in [0.29, 0.717) is 17.0 Å². The summed E-state index contributed by atoms with van der Waals surface area (Å²) in [4.78, 5) is 20.4. The Hall–Kier alpha value is -2.90. The topological polar surface area (TPSA) is 72.2 Å². The molecule has 0 saturated carbocycles. The summed E-state index contributed by atoms with van der Waals surface area (Å²) in [5.74, 6) is -1.87. The van der Waals surface area contributed by atoms with Crippen molar-refractivity contribution in [1.82, 2.24) is 19.6 Å². The van der Waals surface area contributed by atoms with Crippen LogP contribution in [-0.4, -0.2) is 25.5 Å². The highest BCUT2D eigenvalue weighted by Gasteiger charge is 2.15. The van der Waals surface area contributed by atoms with Crippen LogP contribution in [0.25, 0.3) is 5.78 Å². The predicted octanol–water partition coefficient (Wildman–Crippen LogP) is 2.20. The van der Waals surface area contributed by atoms with E-state index < -0.39 is 11.6 Å². The number of rotatable bonds is 3. The first-order valence-electron chi connectivity index (χ1n) is 6.86. The van der Waals surface area contributed by atoms with E-state index in [-0.39, 0.29) is 18.0 Å². The Kier molecular flexibility index (Phi) is 3.73. The van der Waals surface area contributed by atoms with Crippen LogP contribution in [0.1, 0.15) is 17.0 Å². The molecule has 0 saturated heterocycles. The van der Waals surface area contributed by atoms with Crippen LogP contribution >= 0.6 is 0 Å². The molecule has 118 valence electrons. The Labute approximate surface area is 130 Å². The molecular formula is C15H13F2N5O. The molecule has 0 atom stereocenters. The number of nitrogens with one attached hydrogen (secondary N) is 1. The van der Waals surface area contributed by atoms with Gasteiger partial charge in [0.25, 0.3) is 5.78 Å². The van der Waals surface area contributed by atoms with E-state index in [1.807, 2.05) is 6.92 Å². The lowest BCUT2D eigenvalue weighted by Gasteiger charge is -2.11. The van der Waals surface area contributed by atoms with Crippen LogP contribution in [-0.2, 0) is 11.2 Å². The quantitative estimate of drug-likeness (QED) is 0.804. The number of aromatic nitrogens is 4. The highest BCUT2D eigenvalue weighted by molar-refractivity contribution is 5.92. The predicted molar refractivity (Wildman–Crippen MR) is 78.9 cm³/mol. The summed E-state index contributed by atoms with van der Waals surface area (Å²) in [6.45, 7) is 3.60. The minimum absolute atomic E-state index is 0.0411. The van der Waals surface area contributed by atoms with Gasteiger partial charge in [-0.3, -0.25) is 4.79 Å². The van der Waals surface area contributed by atoms with Gasteiger partial charge in [-0.05, 0) is 26.0 Å². The SMILES string of the molecule is Cc1nc2ncnn2c(C)c1CC(=O)Nc1ccc(F)c(F)c1. The van der Waals surface area contributed by atoms with Gasteiger partial charge in [0, 0.05) is 28.7 Å². The van der Waals surface area contributed by atoms with Crippen LogP contribution in [0.3, 0.4) is 0 Å². The van der Waals surface area contributed by atoms with E-state index in [9.17, 15) is 13.6 Å². The van der Waals surface area contributed by atoms with Crippen LogP contribution in [0, 0.1) is 25.5 Å². The van der Waals surface area contributed by atoms with E-state index in [0.717, 1.165) is 17.8 Å². The number of aryl methyl sites for hydroxylation is 2. The van der Waals surface area contributed by atoms with Crippen LogP contribution in [0.15, 0.2) is 24.5 Å². The summed E-state index contributed by atoms with van der Waals surface area (Å²) in [6.07, 6.45) is 1.43. The molecule has 0 aliphatic rings. The lowest BCUT2D eigenvalue weighted by atomic mass is 10.1. The zero-order valence-electron chi connectivity index (χ0n) is 12.5. The molecule has 6 nitrogen and oxygen atoms in total. The summed E-state index contributed by atoms with van der Waals surface area (Å²) in [6, 6.07) is 3.20. The fourth-order valence-electron chi connectivity index (χ4n) is 2.35. The molecule has 0 bridgehead atoms. The second-order valence-electron chi connectivity index (χ2n) is 5.09. The van der Waals surface area contributed by atoms with Gasteiger partial charge < -0.3 is 5.32 Å². The Balaban J connectivity index is 1.83. The number of nitrogens with zero attached hydrogens (tertiary/aromatic N) is 4. The summed E-state index contributed by atoms with van der Waals surface area (Å²) in [5, 5.41) is 6.59. The first-order valence-corrected chi connectivity index (χ1v) is 6.86. The molecular weight excluding hydrogens is 304 g/mol. The van der Waals surface area contributed by atoms with Gasteiger partial charge in [-0.15, -0.1) is 0 Å². The number of fused-ring (bicyclic) bond motifs is 1. The largest absolute Gasteiger partial charge is 0.326 e. The average Bonchev–Trinajstić information content (AvgIpc) is 2.95. The third kappa shape index (κ3) is 2.87. The van der Waals surface area contributed by atoms with Gasteiger partial charge in [-0.1, -0.05) is 0 Å². The number of amides is 1. The van der Waals surface area contributed by atoms with Crippen molar-refractivity contribution in [3.63, 3.8) is 0 Å². The average molecular weight is 317 g/mol. The smallest absolute Gasteiger partial charge is 0.252 e. The molecule has 23 heavy (non-hydrogen) atoms.